The van der Waals surface area contributed by atoms with Gasteiger partial charge < -0.3 is 10.1 Å². The highest BCUT2D eigenvalue weighted by atomic mass is 32.2. The van der Waals surface area contributed by atoms with Crippen LogP contribution >= 0.6 is 11.8 Å². The maximum absolute atomic E-state index is 5.45. The Balaban J connectivity index is 1.46. The number of nitrogens with one attached hydrogen (secondary N) is 1. The average Bonchev–Trinajstić information content (AvgIpc) is 2.60. The summed E-state index contributed by atoms with van der Waals surface area (Å²) in [6.45, 7) is 3.20. The van der Waals surface area contributed by atoms with Crippen molar-refractivity contribution in [2.45, 2.75) is 35.4 Å². The summed E-state index contributed by atoms with van der Waals surface area (Å²) in [7, 11) is 1.81. The first-order valence-electron chi connectivity index (χ1n) is 7.96. The first kappa shape index (κ1) is 14.9. The van der Waals surface area contributed by atoms with Gasteiger partial charge in [-0.3, -0.25) is 4.90 Å². The lowest BCUT2D eigenvalue weighted by atomic mass is 10.1. The molecule has 1 fully saturated rings. The maximum atomic E-state index is 5.45. The Hall–Kier alpha value is -1.63. The van der Waals surface area contributed by atoms with E-state index in [-0.39, 0.29) is 0 Å². The van der Waals surface area contributed by atoms with Gasteiger partial charge in [0.2, 0.25) is 0 Å². The van der Waals surface area contributed by atoms with Crippen LogP contribution in [-0.2, 0) is 11.3 Å². The van der Waals surface area contributed by atoms with Gasteiger partial charge in [-0.15, -0.1) is 0 Å². The molecule has 2 aliphatic heterocycles. The number of likely N-dealkylation sites (tertiary alicyclic amines) is 1. The van der Waals surface area contributed by atoms with Crippen LogP contribution in [0.25, 0.3) is 0 Å². The molecule has 0 atom stereocenters. The number of aromatic nitrogens is 2. The third kappa shape index (κ3) is 3.20. The van der Waals surface area contributed by atoms with E-state index in [2.05, 4.69) is 38.4 Å². The van der Waals surface area contributed by atoms with Crippen LogP contribution in [0.3, 0.4) is 0 Å². The highest BCUT2D eigenvalue weighted by Gasteiger charge is 2.20. The van der Waals surface area contributed by atoms with E-state index in [0.717, 1.165) is 49.0 Å². The molecule has 0 radical (unpaired) electrons. The summed E-state index contributed by atoms with van der Waals surface area (Å²) < 4.78 is 5.45. The Bertz CT molecular complexity index is 701. The molecule has 4 rings (SSSR count). The maximum Gasteiger partial charge on any atom is 0.163 e. The number of nitrogens with zero attached hydrogens (tertiary/aromatic N) is 3. The molecule has 2 aromatic rings. The highest BCUT2D eigenvalue weighted by Crippen LogP contribution is 2.42. The topological polar surface area (TPSA) is 50.3 Å². The molecule has 3 heterocycles. The molecule has 2 aliphatic rings. The number of piperidine rings is 1. The molecule has 0 bridgehead atoms. The van der Waals surface area contributed by atoms with E-state index in [4.69, 9.17) is 4.74 Å². The van der Waals surface area contributed by atoms with Crippen molar-refractivity contribution in [2.24, 2.45) is 0 Å². The first-order valence-corrected chi connectivity index (χ1v) is 8.77. The minimum atomic E-state index is 0.433. The minimum Gasteiger partial charge on any atom is -0.381 e. The predicted octanol–water partition coefficient (Wildman–Crippen LogP) is 3.30. The fraction of sp³-hybridized carbons (Fsp3) is 0.412. The van der Waals surface area contributed by atoms with Crippen molar-refractivity contribution in [3.8, 4) is 0 Å². The second-order valence-corrected chi connectivity index (χ2v) is 7.01. The molecule has 1 aromatic heterocycles. The number of hydrogen-bond donors (Lipinski definition) is 1. The van der Waals surface area contributed by atoms with Gasteiger partial charge in [-0.05, 0) is 30.5 Å². The van der Waals surface area contributed by atoms with Crippen molar-refractivity contribution >= 4 is 23.3 Å². The summed E-state index contributed by atoms with van der Waals surface area (Å²) in [5.74, 6) is 0.850. The Morgan fingerprint density at radius 1 is 1.26 bits per heavy atom. The third-order valence-corrected chi connectivity index (χ3v) is 5.51. The number of hydrogen-bond acceptors (Lipinski definition) is 6. The largest absolute Gasteiger partial charge is 0.381 e. The second-order valence-electron chi connectivity index (χ2n) is 5.98. The molecule has 120 valence electrons. The van der Waals surface area contributed by atoms with Crippen LogP contribution in [0.4, 0.5) is 11.5 Å². The number of fused-ring (bicyclic) bond motifs is 2. The predicted molar refractivity (Wildman–Crippen MR) is 91.2 cm³/mol. The van der Waals surface area contributed by atoms with E-state index in [1.165, 1.54) is 10.5 Å². The van der Waals surface area contributed by atoms with Gasteiger partial charge in [-0.1, -0.05) is 17.8 Å². The summed E-state index contributed by atoms with van der Waals surface area (Å²) in [4.78, 5) is 12.4. The molecule has 5 nitrogen and oxygen atoms in total. The van der Waals surface area contributed by atoms with Gasteiger partial charge in [-0.25, -0.2) is 9.97 Å². The lowest BCUT2D eigenvalue weighted by molar-refractivity contribution is 0.0388. The summed E-state index contributed by atoms with van der Waals surface area (Å²) in [6, 6.07) is 6.64. The molecule has 0 aliphatic carbocycles. The fourth-order valence-electron chi connectivity index (χ4n) is 3.14. The van der Waals surface area contributed by atoms with E-state index >= 15 is 0 Å². The normalized spacial score (nSPS) is 18.1. The summed E-state index contributed by atoms with van der Waals surface area (Å²) in [6.07, 6.45) is 6.14. The second kappa shape index (κ2) is 6.47. The molecule has 1 saturated heterocycles. The Morgan fingerprint density at radius 3 is 2.91 bits per heavy atom. The van der Waals surface area contributed by atoms with Crippen molar-refractivity contribution in [3.63, 3.8) is 0 Å². The van der Waals surface area contributed by atoms with Crippen molar-refractivity contribution in [3.05, 3.63) is 36.2 Å². The van der Waals surface area contributed by atoms with Gasteiger partial charge >= 0.3 is 0 Å². The molecule has 0 spiro atoms. The molecular formula is C17H20N4OS. The standard InChI is InChI=1S/C17H20N4OS/c1-22-13-4-8-21(9-5-13)11-12-2-3-15-14(10-12)20-16-17(23-15)19-7-6-18-16/h2-3,6-7,10,13H,4-5,8-9,11H2,1H3,(H,18,20). The fourth-order valence-corrected chi connectivity index (χ4v) is 4.02. The molecule has 0 amide bonds. The highest BCUT2D eigenvalue weighted by molar-refractivity contribution is 7.99. The van der Waals surface area contributed by atoms with Gasteiger partial charge in [0.05, 0.1) is 11.8 Å². The van der Waals surface area contributed by atoms with Crippen LogP contribution in [0.2, 0.25) is 0 Å². The minimum absolute atomic E-state index is 0.433. The van der Waals surface area contributed by atoms with Crippen LogP contribution in [0.5, 0.6) is 0 Å². The Morgan fingerprint density at radius 2 is 2.09 bits per heavy atom. The molecule has 6 heteroatoms. The number of rotatable bonds is 3. The lowest BCUT2D eigenvalue weighted by Gasteiger charge is -2.31. The molecule has 0 unspecified atom stereocenters. The van der Waals surface area contributed by atoms with Crippen molar-refractivity contribution in [1.82, 2.24) is 14.9 Å². The third-order valence-electron chi connectivity index (χ3n) is 4.44. The molecule has 1 aromatic carbocycles. The van der Waals surface area contributed by atoms with Gasteiger partial charge in [0.25, 0.3) is 0 Å². The molecular weight excluding hydrogens is 308 g/mol. The number of anilines is 2. The van der Waals surface area contributed by atoms with Crippen LogP contribution in [-0.4, -0.2) is 41.2 Å². The number of ether oxygens (including phenoxy) is 1. The monoisotopic (exact) mass is 328 g/mol. The molecule has 23 heavy (non-hydrogen) atoms. The lowest BCUT2D eigenvalue weighted by Crippen LogP contribution is -2.36. The zero-order valence-corrected chi connectivity index (χ0v) is 14.0. The van der Waals surface area contributed by atoms with Crippen molar-refractivity contribution < 1.29 is 4.74 Å². The summed E-state index contributed by atoms with van der Waals surface area (Å²) >= 11 is 1.67. The van der Waals surface area contributed by atoms with E-state index in [9.17, 15) is 0 Å². The zero-order chi connectivity index (χ0) is 15.6. The number of methoxy groups -OCH3 is 1. The van der Waals surface area contributed by atoms with Crippen molar-refractivity contribution in [1.29, 1.82) is 0 Å². The van der Waals surface area contributed by atoms with Crippen molar-refractivity contribution in [2.75, 3.05) is 25.5 Å². The SMILES string of the molecule is COC1CCN(Cc2ccc3c(c2)Nc2nccnc2S3)CC1. The Kier molecular flexibility index (Phi) is 4.20. The van der Waals surface area contributed by atoms with Crippen LogP contribution < -0.4 is 5.32 Å². The van der Waals surface area contributed by atoms with Gasteiger partial charge in [-0.2, -0.15) is 0 Å². The van der Waals surface area contributed by atoms with Crippen LogP contribution in [0.15, 0.2) is 40.5 Å². The first-order chi connectivity index (χ1) is 11.3. The summed E-state index contributed by atoms with van der Waals surface area (Å²) in [5.41, 5.74) is 2.47. The van der Waals surface area contributed by atoms with Gasteiger partial charge in [0, 0.05) is 44.0 Å². The van der Waals surface area contributed by atoms with Crippen LogP contribution in [0.1, 0.15) is 18.4 Å². The van der Waals surface area contributed by atoms with E-state index in [1.807, 2.05) is 7.11 Å². The quantitative estimate of drug-likeness (QED) is 0.796. The average molecular weight is 328 g/mol. The van der Waals surface area contributed by atoms with Gasteiger partial charge in [0.1, 0.15) is 5.03 Å². The van der Waals surface area contributed by atoms with E-state index in [1.54, 1.807) is 24.2 Å². The smallest absolute Gasteiger partial charge is 0.163 e. The zero-order valence-electron chi connectivity index (χ0n) is 13.2. The van der Waals surface area contributed by atoms with E-state index < -0.39 is 0 Å². The van der Waals surface area contributed by atoms with E-state index in [0.29, 0.717) is 6.10 Å². The molecule has 1 N–H and O–H groups in total. The van der Waals surface area contributed by atoms with Crippen LogP contribution in [0, 0.1) is 0 Å². The Labute approximate surface area is 140 Å². The molecule has 0 saturated carbocycles. The number of benzene rings is 1. The summed E-state index contributed by atoms with van der Waals surface area (Å²) in [5, 5.41) is 4.34. The van der Waals surface area contributed by atoms with Gasteiger partial charge in [0.15, 0.2) is 5.82 Å².